The molecule has 1 aromatic rings. The first-order valence-electron chi connectivity index (χ1n) is 6.54. The van der Waals surface area contributed by atoms with Gasteiger partial charge in [-0.05, 0) is 43.9 Å². The van der Waals surface area contributed by atoms with E-state index >= 15 is 0 Å². The Morgan fingerprint density at radius 1 is 1.45 bits per heavy atom. The molecule has 0 aliphatic heterocycles. The molecule has 0 radical (unpaired) electrons. The summed E-state index contributed by atoms with van der Waals surface area (Å²) in [5, 5.41) is 7.77. The van der Waals surface area contributed by atoms with Gasteiger partial charge < -0.3 is 0 Å². The summed E-state index contributed by atoms with van der Waals surface area (Å²) in [5.41, 5.74) is 0.823. The normalized spacial score (nSPS) is 14.5. The van der Waals surface area contributed by atoms with Crippen molar-refractivity contribution < 1.29 is 12.8 Å². The van der Waals surface area contributed by atoms with Gasteiger partial charge in [-0.3, -0.25) is 0 Å². The van der Waals surface area contributed by atoms with Crippen LogP contribution < -0.4 is 4.72 Å². The Balaban J connectivity index is 2.56. The summed E-state index contributed by atoms with van der Waals surface area (Å²) in [6.45, 7) is 3.39. The summed E-state index contributed by atoms with van der Waals surface area (Å²) in [6, 6.07) is 7.71. The van der Waals surface area contributed by atoms with E-state index in [1.807, 2.05) is 0 Å². The van der Waals surface area contributed by atoms with Gasteiger partial charge in [-0.25, -0.2) is 17.5 Å². The van der Waals surface area contributed by atoms with Crippen LogP contribution in [0.4, 0.5) is 4.39 Å². The Morgan fingerprint density at radius 3 is 2.70 bits per heavy atom. The number of hydrogen-bond donors (Lipinski definition) is 1. The molecule has 6 heteroatoms. The van der Waals surface area contributed by atoms with Crippen LogP contribution in [0, 0.1) is 17.1 Å². The molecular formula is C14H19FN2O2S. The van der Waals surface area contributed by atoms with Gasteiger partial charge in [0, 0.05) is 6.04 Å². The minimum absolute atomic E-state index is 0.252. The third-order valence-electron chi connectivity index (χ3n) is 3.01. The van der Waals surface area contributed by atoms with E-state index in [0.717, 1.165) is 5.56 Å². The van der Waals surface area contributed by atoms with Crippen LogP contribution >= 0.6 is 0 Å². The highest BCUT2D eigenvalue weighted by atomic mass is 32.2. The minimum Gasteiger partial charge on any atom is -0.211 e. The standard InChI is InChI=1S/C14H19FN2O2S/c1-3-14(10-16)20(18,19)17-11(2)7-8-12-5-4-6-13(15)9-12/h4-6,9,11,14,17H,3,7-8H2,1-2H3/t11-,14+/m1/s1. The highest BCUT2D eigenvalue weighted by Gasteiger charge is 2.24. The predicted octanol–water partition coefficient (Wildman–Crippen LogP) is 2.37. The van der Waals surface area contributed by atoms with E-state index in [1.165, 1.54) is 12.1 Å². The highest BCUT2D eigenvalue weighted by Crippen LogP contribution is 2.10. The Kier molecular flexibility index (Phi) is 6.11. The van der Waals surface area contributed by atoms with Crippen molar-refractivity contribution in [3.8, 4) is 6.07 Å². The van der Waals surface area contributed by atoms with Gasteiger partial charge in [-0.15, -0.1) is 0 Å². The zero-order valence-electron chi connectivity index (χ0n) is 11.6. The molecule has 1 N–H and O–H groups in total. The number of hydrogen-bond acceptors (Lipinski definition) is 3. The van der Waals surface area contributed by atoms with Crippen molar-refractivity contribution in [2.24, 2.45) is 0 Å². The van der Waals surface area contributed by atoms with Gasteiger partial charge in [0.2, 0.25) is 10.0 Å². The second-order valence-electron chi connectivity index (χ2n) is 4.76. The van der Waals surface area contributed by atoms with E-state index in [0.29, 0.717) is 12.8 Å². The zero-order chi connectivity index (χ0) is 15.2. The molecule has 0 saturated carbocycles. The summed E-state index contributed by atoms with van der Waals surface area (Å²) in [4.78, 5) is 0. The number of aryl methyl sites for hydroxylation is 1. The van der Waals surface area contributed by atoms with E-state index in [-0.39, 0.29) is 18.3 Å². The molecule has 0 spiro atoms. The largest absolute Gasteiger partial charge is 0.228 e. The second kappa shape index (κ2) is 7.36. The monoisotopic (exact) mass is 298 g/mol. The van der Waals surface area contributed by atoms with Crippen LogP contribution in [0.2, 0.25) is 0 Å². The van der Waals surface area contributed by atoms with Gasteiger partial charge in [0.1, 0.15) is 5.82 Å². The first kappa shape index (κ1) is 16.6. The van der Waals surface area contributed by atoms with E-state index < -0.39 is 15.3 Å². The van der Waals surface area contributed by atoms with Crippen molar-refractivity contribution >= 4 is 10.0 Å². The van der Waals surface area contributed by atoms with Gasteiger partial charge >= 0.3 is 0 Å². The van der Waals surface area contributed by atoms with E-state index in [1.54, 1.807) is 32.0 Å². The fourth-order valence-corrected chi connectivity index (χ4v) is 3.30. The fraction of sp³-hybridized carbons (Fsp3) is 0.500. The van der Waals surface area contributed by atoms with Crippen LogP contribution in [0.25, 0.3) is 0 Å². The maximum Gasteiger partial charge on any atom is 0.228 e. The quantitative estimate of drug-likeness (QED) is 0.840. The molecule has 20 heavy (non-hydrogen) atoms. The zero-order valence-corrected chi connectivity index (χ0v) is 12.5. The topological polar surface area (TPSA) is 70.0 Å². The molecule has 1 aromatic carbocycles. The SMILES string of the molecule is CC[C@@H](C#N)S(=O)(=O)N[C@H](C)CCc1cccc(F)c1. The first-order valence-corrected chi connectivity index (χ1v) is 8.09. The molecule has 0 amide bonds. The predicted molar refractivity (Wildman–Crippen MR) is 75.9 cm³/mol. The average Bonchev–Trinajstić information content (AvgIpc) is 2.37. The molecule has 0 fully saturated rings. The highest BCUT2D eigenvalue weighted by molar-refractivity contribution is 7.90. The van der Waals surface area contributed by atoms with Crippen molar-refractivity contribution in [2.75, 3.05) is 0 Å². The molecule has 0 heterocycles. The van der Waals surface area contributed by atoms with Crippen molar-refractivity contribution in [3.05, 3.63) is 35.6 Å². The summed E-state index contributed by atoms with van der Waals surface area (Å²) < 4.78 is 39.3. The lowest BCUT2D eigenvalue weighted by atomic mass is 10.1. The number of halogens is 1. The van der Waals surface area contributed by atoms with Gasteiger partial charge in [-0.2, -0.15) is 5.26 Å². The maximum atomic E-state index is 13.0. The third kappa shape index (κ3) is 4.91. The summed E-state index contributed by atoms with van der Waals surface area (Å²) in [6.07, 6.45) is 1.37. The van der Waals surface area contributed by atoms with E-state index in [2.05, 4.69) is 4.72 Å². The molecule has 0 aliphatic carbocycles. The Labute approximate surface area is 119 Å². The molecule has 0 bridgehead atoms. The van der Waals surface area contributed by atoms with Crippen LogP contribution in [0.3, 0.4) is 0 Å². The fourth-order valence-electron chi connectivity index (χ4n) is 1.88. The molecular weight excluding hydrogens is 279 g/mol. The van der Waals surface area contributed by atoms with Crippen LogP contribution in [0.5, 0.6) is 0 Å². The lowest BCUT2D eigenvalue weighted by molar-refractivity contribution is 0.539. The molecule has 4 nitrogen and oxygen atoms in total. The third-order valence-corrected chi connectivity index (χ3v) is 4.93. The molecule has 0 unspecified atom stereocenters. The minimum atomic E-state index is -3.62. The number of nitrogens with one attached hydrogen (secondary N) is 1. The second-order valence-corrected chi connectivity index (χ2v) is 6.65. The Hall–Kier alpha value is -1.45. The van der Waals surface area contributed by atoms with Gasteiger partial charge in [0.25, 0.3) is 0 Å². The van der Waals surface area contributed by atoms with Crippen molar-refractivity contribution in [2.45, 2.75) is 44.4 Å². The number of rotatable bonds is 7. The summed E-state index contributed by atoms with van der Waals surface area (Å²) in [5.74, 6) is -0.300. The molecule has 110 valence electrons. The number of nitriles is 1. The van der Waals surface area contributed by atoms with E-state index in [9.17, 15) is 12.8 Å². The smallest absolute Gasteiger partial charge is 0.211 e. The van der Waals surface area contributed by atoms with E-state index in [4.69, 9.17) is 5.26 Å². The molecule has 0 aliphatic rings. The van der Waals surface area contributed by atoms with Crippen LogP contribution in [-0.2, 0) is 16.4 Å². The van der Waals surface area contributed by atoms with Crippen molar-refractivity contribution in [3.63, 3.8) is 0 Å². The Bertz CT molecular complexity index is 581. The molecule has 2 atom stereocenters. The molecule has 0 aromatic heterocycles. The van der Waals surface area contributed by atoms with Crippen molar-refractivity contribution in [1.82, 2.24) is 4.72 Å². The number of benzene rings is 1. The van der Waals surface area contributed by atoms with Crippen LogP contribution in [-0.4, -0.2) is 19.7 Å². The van der Waals surface area contributed by atoms with Gasteiger partial charge in [-0.1, -0.05) is 19.1 Å². The number of nitrogens with zero attached hydrogens (tertiary/aromatic N) is 1. The average molecular weight is 298 g/mol. The molecule has 1 rings (SSSR count). The van der Waals surface area contributed by atoms with Crippen molar-refractivity contribution in [1.29, 1.82) is 5.26 Å². The number of sulfonamides is 1. The maximum absolute atomic E-state index is 13.0. The first-order chi connectivity index (χ1) is 9.39. The van der Waals surface area contributed by atoms with Gasteiger partial charge in [0.15, 0.2) is 5.25 Å². The lowest BCUT2D eigenvalue weighted by Gasteiger charge is -2.16. The molecule has 0 saturated heterocycles. The Morgan fingerprint density at radius 2 is 2.15 bits per heavy atom. The summed E-state index contributed by atoms with van der Waals surface area (Å²) in [7, 11) is -3.62. The van der Waals surface area contributed by atoms with Gasteiger partial charge in [0.05, 0.1) is 6.07 Å². The summed E-state index contributed by atoms with van der Waals surface area (Å²) >= 11 is 0. The lowest BCUT2D eigenvalue weighted by Crippen LogP contribution is -2.39. The van der Waals surface area contributed by atoms with Crippen LogP contribution in [0.15, 0.2) is 24.3 Å². The van der Waals surface area contributed by atoms with Crippen LogP contribution in [0.1, 0.15) is 32.3 Å².